The second-order valence-corrected chi connectivity index (χ2v) is 7.12. The van der Waals surface area contributed by atoms with Crippen LogP contribution in [0.3, 0.4) is 0 Å². The zero-order valence-electron chi connectivity index (χ0n) is 13.5. The number of hydrogen-bond acceptors (Lipinski definition) is 1. The normalized spacial score (nSPS) is 27.3. The van der Waals surface area contributed by atoms with Gasteiger partial charge in [0.15, 0.2) is 0 Å². The standard InChI is InChI=1S/C19H31N/c1-4-6-17-7-5-9-19(20,10-8-17)14-18-12-15(2)11-16(3)13-18/h11-13,17H,4-10,14,20H2,1-3H3. The Kier molecular flexibility index (Phi) is 5.26. The van der Waals surface area contributed by atoms with Crippen LogP contribution in [-0.4, -0.2) is 5.54 Å². The molecule has 1 fully saturated rings. The molecule has 0 amide bonds. The van der Waals surface area contributed by atoms with Gasteiger partial charge in [-0.15, -0.1) is 0 Å². The molecule has 0 spiro atoms. The van der Waals surface area contributed by atoms with Crippen LogP contribution in [0.4, 0.5) is 0 Å². The van der Waals surface area contributed by atoms with Crippen molar-refractivity contribution in [3.63, 3.8) is 0 Å². The average Bonchev–Trinajstić information content (AvgIpc) is 2.51. The van der Waals surface area contributed by atoms with Gasteiger partial charge in [-0.1, -0.05) is 61.9 Å². The van der Waals surface area contributed by atoms with Crippen molar-refractivity contribution in [3.8, 4) is 0 Å². The van der Waals surface area contributed by atoms with Gasteiger partial charge in [-0.2, -0.15) is 0 Å². The first-order valence-electron chi connectivity index (χ1n) is 8.37. The summed E-state index contributed by atoms with van der Waals surface area (Å²) in [7, 11) is 0. The third kappa shape index (κ3) is 4.34. The van der Waals surface area contributed by atoms with Crippen LogP contribution in [-0.2, 0) is 6.42 Å². The summed E-state index contributed by atoms with van der Waals surface area (Å²) in [6.07, 6.45) is 10.2. The molecule has 1 aromatic carbocycles. The Morgan fingerprint density at radius 2 is 1.80 bits per heavy atom. The van der Waals surface area contributed by atoms with Crippen LogP contribution in [0.1, 0.15) is 68.6 Å². The summed E-state index contributed by atoms with van der Waals surface area (Å²) in [6.45, 7) is 6.67. The van der Waals surface area contributed by atoms with Crippen LogP contribution in [0.15, 0.2) is 18.2 Å². The molecule has 0 aliphatic heterocycles. The van der Waals surface area contributed by atoms with Gasteiger partial charge in [-0.05, 0) is 51.0 Å². The smallest absolute Gasteiger partial charge is 0.0195 e. The van der Waals surface area contributed by atoms with Gasteiger partial charge in [0.05, 0.1) is 0 Å². The molecule has 20 heavy (non-hydrogen) atoms. The Balaban J connectivity index is 2.03. The van der Waals surface area contributed by atoms with Crippen molar-refractivity contribution < 1.29 is 0 Å². The van der Waals surface area contributed by atoms with Crippen LogP contribution < -0.4 is 5.73 Å². The molecule has 2 atom stereocenters. The second-order valence-electron chi connectivity index (χ2n) is 7.12. The highest BCUT2D eigenvalue weighted by Gasteiger charge is 2.29. The van der Waals surface area contributed by atoms with Gasteiger partial charge in [-0.25, -0.2) is 0 Å². The highest BCUT2D eigenvalue weighted by Crippen LogP contribution is 2.33. The molecule has 0 aromatic heterocycles. The van der Waals surface area contributed by atoms with Crippen molar-refractivity contribution in [1.82, 2.24) is 0 Å². The van der Waals surface area contributed by atoms with E-state index in [-0.39, 0.29) is 5.54 Å². The van der Waals surface area contributed by atoms with E-state index in [9.17, 15) is 0 Å². The minimum absolute atomic E-state index is 0.0305. The molecule has 1 aliphatic carbocycles. The molecule has 0 radical (unpaired) electrons. The second kappa shape index (κ2) is 6.76. The Morgan fingerprint density at radius 3 is 2.45 bits per heavy atom. The summed E-state index contributed by atoms with van der Waals surface area (Å²) >= 11 is 0. The summed E-state index contributed by atoms with van der Waals surface area (Å²) in [5, 5.41) is 0. The van der Waals surface area contributed by atoms with Crippen LogP contribution in [0.2, 0.25) is 0 Å². The number of hydrogen-bond donors (Lipinski definition) is 1. The van der Waals surface area contributed by atoms with Crippen molar-refractivity contribution >= 4 is 0 Å². The Labute approximate surface area is 125 Å². The summed E-state index contributed by atoms with van der Waals surface area (Å²) in [5.41, 5.74) is 10.9. The highest BCUT2D eigenvalue weighted by molar-refractivity contribution is 5.29. The first-order chi connectivity index (χ1) is 9.50. The number of nitrogens with two attached hydrogens (primary N) is 1. The zero-order valence-corrected chi connectivity index (χ0v) is 13.5. The van der Waals surface area contributed by atoms with Gasteiger partial charge in [0.2, 0.25) is 0 Å². The number of aryl methyl sites for hydroxylation is 2. The molecular weight excluding hydrogens is 242 g/mol. The fraction of sp³-hybridized carbons (Fsp3) is 0.684. The Bertz CT molecular complexity index is 417. The maximum absolute atomic E-state index is 6.75. The van der Waals surface area contributed by atoms with Crippen molar-refractivity contribution in [2.45, 2.75) is 77.7 Å². The van der Waals surface area contributed by atoms with Gasteiger partial charge < -0.3 is 5.73 Å². The summed E-state index contributed by atoms with van der Waals surface area (Å²) in [6, 6.07) is 6.88. The van der Waals surface area contributed by atoms with E-state index in [1.165, 1.54) is 61.6 Å². The van der Waals surface area contributed by atoms with E-state index < -0.39 is 0 Å². The van der Waals surface area contributed by atoms with Crippen molar-refractivity contribution in [1.29, 1.82) is 0 Å². The first-order valence-corrected chi connectivity index (χ1v) is 8.37. The van der Waals surface area contributed by atoms with Crippen molar-refractivity contribution in [3.05, 3.63) is 34.9 Å². The summed E-state index contributed by atoms with van der Waals surface area (Å²) < 4.78 is 0. The van der Waals surface area contributed by atoms with Crippen LogP contribution >= 0.6 is 0 Å². The van der Waals surface area contributed by atoms with Gasteiger partial charge in [-0.3, -0.25) is 0 Å². The number of benzene rings is 1. The van der Waals surface area contributed by atoms with Gasteiger partial charge in [0, 0.05) is 5.54 Å². The first kappa shape index (κ1) is 15.6. The lowest BCUT2D eigenvalue weighted by atomic mass is 9.83. The van der Waals surface area contributed by atoms with Crippen LogP contribution in [0, 0.1) is 19.8 Å². The molecule has 1 saturated carbocycles. The molecule has 112 valence electrons. The van der Waals surface area contributed by atoms with Crippen LogP contribution in [0.5, 0.6) is 0 Å². The molecule has 1 aliphatic rings. The third-order valence-electron chi connectivity index (χ3n) is 4.87. The molecule has 2 N–H and O–H groups in total. The largest absolute Gasteiger partial charge is 0.325 e. The quantitative estimate of drug-likeness (QED) is 0.774. The topological polar surface area (TPSA) is 26.0 Å². The van der Waals surface area contributed by atoms with Crippen molar-refractivity contribution in [2.75, 3.05) is 0 Å². The minimum atomic E-state index is 0.0305. The third-order valence-corrected chi connectivity index (χ3v) is 4.87. The minimum Gasteiger partial charge on any atom is -0.325 e. The molecule has 2 rings (SSSR count). The molecule has 0 saturated heterocycles. The fourth-order valence-corrected chi connectivity index (χ4v) is 3.95. The predicted octanol–water partition coefficient (Wildman–Crippen LogP) is 4.92. The SMILES string of the molecule is CCCC1CCCC(N)(Cc2cc(C)cc(C)c2)CC1. The van der Waals surface area contributed by atoms with E-state index in [1.807, 2.05) is 0 Å². The van der Waals surface area contributed by atoms with Gasteiger partial charge in [0.25, 0.3) is 0 Å². The average molecular weight is 273 g/mol. The molecule has 0 bridgehead atoms. The zero-order chi connectivity index (χ0) is 14.6. The molecule has 1 aromatic rings. The molecular formula is C19H31N. The van der Waals surface area contributed by atoms with Crippen LogP contribution in [0.25, 0.3) is 0 Å². The molecule has 1 heteroatoms. The molecule has 2 unspecified atom stereocenters. The van der Waals surface area contributed by atoms with Gasteiger partial charge in [0.1, 0.15) is 0 Å². The van der Waals surface area contributed by atoms with E-state index in [1.54, 1.807) is 0 Å². The van der Waals surface area contributed by atoms with Crippen molar-refractivity contribution in [2.24, 2.45) is 11.7 Å². The maximum Gasteiger partial charge on any atom is 0.0195 e. The predicted molar refractivity (Wildman–Crippen MR) is 88.0 cm³/mol. The van der Waals surface area contributed by atoms with E-state index in [4.69, 9.17) is 5.73 Å². The molecule has 1 nitrogen and oxygen atoms in total. The van der Waals surface area contributed by atoms with E-state index in [0.717, 1.165) is 12.3 Å². The van der Waals surface area contributed by atoms with E-state index in [0.29, 0.717) is 0 Å². The van der Waals surface area contributed by atoms with E-state index in [2.05, 4.69) is 39.0 Å². The van der Waals surface area contributed by atoms with Gasteiger partial charge >= 0.3 is 0 Å². The van der Waals surface area contributed by atoms with E-state index >= 15 is 0 Å². The maximum atomic E-state index is 6.75. The number of rotatable bonds is 4. The Hall–Kier alpha value is -0.820. The summed E-state index contributed by atoms with van der Waals surface area (Å²) in [5.74, 6) is 0.921. The molecule has 0 heterocycles. The summed E-state index contributed by atoms with van der Waals surface area (Å²) in [4.78, 5) is 0. The lowest BCUT2D eigenvalue weighted by Crippen LogP contribution is -2.41. The fourth-order valence-electron chi connectivity index (χ4n) is 3.95. The Morgan fingerprint density at radius 1 is 1.10 bits per heavy atom. The lowest BCUT2D eigenvalue weighted by molar-refractivity contribution is 0.355. The monoisotopic (exact) mass is 273 g/mol. The lowest BCUT2D eigenvalue weighted by Gasteiger charge is -2.29. The highest BCUT2D eigenvalue weighted by atomic mass is 14.7.